The van der Waals surface area contributed by atoms with Crippen LogP contribution in [0.15, 0.2) is 0 Å². The van der Waals surface area contributed by atoms with Gasteiger partial charge in [-0.05, 0) is 11.2 Å². The monoisotopic (exact) mass is 282 g/mol. The van der Waals surface area contributed by atoms with Crippen LogP contribution in [0.25, 0.3) is 0 Å². The molecule has 0 aliphatic carbocycles. The molecule has 0 N–H and O–H groups in total. The van der Waals surface area contributed by atoms with Gasteiger partial charge in [0.25, 0.3) is 0 Å². The van der Waals surface area contributed by atoms with E-state index in [9.17, 15) is 0 Å². The molecule has 0 amide bonds. The number of hydrogen-bond donors (Lipinski definition) is 0. The summed E-state index contributed by atoms with van der Waals surface area (Å²) in [6.07, 6.45) is 0. The third-order valence-corrected chi connectivity index (χ3v) is 0. The van der Waals surface area contributed by atoms with Gasteiger partial charge < -0.3 is 9.11 Å². The minimum atomic E-state index is -4.33. The first-order chi connectivity index (χ1) is 2.00. The Bertz CT molecular complexity index is 94.1. The molecule has 0 aliphatic rings. The molecule has 0 aromatic carbocycles. The van der Waals surface area contributed by atoms with Gasteiger partial charge in [0.15, 0.2) is 0 Å². The fraction of sp³-hybridized carbons (Fsp3) is 0. The molecular weight excluding hydrogens is 283 g/mol. The largest absolute Gasteiger partial charge is 1.00 e. The van der Waals surface area contributed by atoms with Crippen molar-refractivity contribution in [3.63, 3.8) is 0 Å². The van der Waals surface area contributed by atoms with Gasteiger partial charge in [0.2, 0.25) is 0 Å². The average molecular weight is 283 g/mol. The second kappa shape index (κ2) is 8.00. The first-order valence-corrected chi connectivity index (χ1v) is 3.00. The fourth-order valence-electron chi connectivity index (χ4n) is 0. The van der Waals surface area contributed by atoms with Crippen LogP contribution in [0.4, 0.5) is 0 Å². The van der Waals surface area contributed by atoms with Crippen LogP contribution in [0.2, 0.25) is 0 Å². The second-order valence-corrected chi connectivity index (χ2v) is 2.45. The van der Waals surface area contributed by atoms with E-state index in [-0.39, 0.29) is 116 Å². The average Bonchev–Trinajstić information content (AvgIpc) is 0.722. The summed E-state index contributed by atoms with van der Waals surface area (Å²) in [6.45, 7) is 0. The Kier molecular flexibility index (Phi) is 19.6. The molecule has 0 unspecified atom stereocenters. The van der Waals surface area contributed by atoms with E-state index in [1.54, 1.807) is 0 Å². The molecule has 0 bridgehead atoms. The summed E-state index contributed by atoms with van der Waals surface area (Å²) >= 11 is 3.24. The smallest absolute Gasteiger partial charge is 0.780 e. The van der Waals surface area contributed by atoms with E-state index in [4.69, 9.17) is 13.3 Å². The van der Waals surface area contributed by atoms with E-state index >= 15 is 0 Å². The summed E-state index contributed by atoms with van der Waals surface area (Å²) in [6, 6.07) is 0. The van der Waals surface area contributed by atoms with Gasteiger partial charge in [-0.3, -0.25) is 4.21 Å². The van der Waals surface area contributed by atoms with E-state index in [1.807, 2.05) is 0 Å². The Morgan fingerprint density at radius 2 is 1.29 bits per heavy atom. The third kappa shape index (κ3) is 40.6. The van der Waals surface area contributed by atoms with E-state index in [2.05, 4.69) is 11.2 Å². The zero-order chi connectivity index (χ0) is 4.50. The fourth-order valence-corrected chi connectivity index (χ4v) is 0. The molecule has 7 heavy (non-hydrogen) atoms. The molecule has 0 rings (SSSR count). The van der Waals surface area contributed by atoms with Gasteiger partial charge in [-0.25, -0.2) is 0 Å². The van der Waals surface area contributed by atoms with Gasteiger partial charge in [-0.15, -0.1) is 9.05 Å². The van der Waals surface area contributed by atoms with Crippen LogP contribution in [0.1, 0.15) is 0 Å². The van der Waals surface area contributed by atoms with Crippen molar-refractivity contribution in [3.8, 4) is 0 Å². The van der Waals surface area contributed by atoms with Crippen molar-refractivity contribution in [1.29, 1.82) is 0 Å². The van der Waals surface area contributed by atoms with Crippen LogP contribution in [0.3, 0.4) is 0 Å². The minimum absolute atomic E-state index is 0. The maximum absolute atomic E-state index is 8.89. The number of hydrogen-bond acceptors (Lipinski definition) is 4. The van der Waals surface area contributed by atoms with E-state index < -0.39 is 9.05 Å². The molecule has 0 aromatic heterocycles. The summed E-state index contributed by atoms with van der Waals surface area (Å²) in [7, 11) is -4.33. The maximum atomic E-state index is 8.89. The summed E-state index contributed by atoms with van der Waals surface area (Å²) in [4.78, 5) is 0. The Morgan fingerprint density at radius 3 is 1.29 bits per heavy atom. The first-order valence-electron chi connectivity index (χ1n) is 0.667. The topological polar surface area (TPSA) is 63.2 Å². The van der Waals surface area contributed by atoms with Crippen molar-refractivity contribution in [3.05, 3.63) is 0 Å². The molecular formula is O3Rb2S2. The van der Waals surface area contributed by atoms with Crippen LogP contribution in [-0.4, -0.2) is 13.3 Å². The molecule has 0 aliphatic heterocycles. The Labute approximate surface area is 145 Å². The van der Waals surface area contributed by atoms with Crippen molar-refractivity contribution >= 4 is 20.2 Å². The van der Waals surface area contributed by atoms with Crippen molar-refractivity contribution in [2.24, 2.45) is 0 Å². The predicted octanol–water partition coefficient (Wildman–Crippen LogP) is -7.00. The van der Waals surface area contributed by atoms with Gasteiger partial charge in [-0.1, -0.05) is 0 Å². The number of rotatable bonds is 0. The minimum Gasteiger partial charge on any atom is -0.780 e. The standard InChI is InChI=1S/H2O3S2.2Rb/c1-5(2,3)4;;/h(H2,1,2,3,4);;/q;2*+1/p-2. The van der Waals surface area contributed by atoms with Crippen molar-refractivity contribution in [2.45, 2.75) is 0 Å². The maximum Gasteiger partial charge on any atom is 1.00 e. The predicted molar refractivity (Wildman–Crippen MR) is 17.1 cm³/mol. The Morgan fingerprint density at radius 1 is 1.29 bits per heavy atom. The van der Waals surface area contributed by atoms with E-state index in [1.165, 1.54) is 0 Å². The van der Waals surface area contributed by atoms with Gasteiger partial charge in [-0.2, -0.15) is 0 Å². The summed E-state index contributed by atoms with van der Waals surface area (Å²) in [5.41, 5.74) is 0. The molecule has 0 saturated heterocycles. The third-order valence-electron chi connectivity index (χ3n) is 0. The molecule has 0 spiro atoms. The van der Waals surface area contributed by atoms with Crippen molar-refractivity contribution < 1.29 is 130 Å². The molecule has 32 valence electrons. The normalized spacial score (nSPS) is 8.29. The van der Waals surface area contributed by atoms with Crippen LogP contribution < -0.4 is 116 Å². The van der Waals surface area contributed by atoms with E-state index in [0.29, 0.717) is 0 Å². The van der Waals surface area contributed by atoms with Crippen molar-refractivity contribution in [1.82, 2.24) is 0 Å². The second-order valence-electron chi connectivity index (χ2n) is 0.408. The zero-order valence-corrected chi connectivity index (χ0v) is 15.5. The SMILES string of the molecule is O=S([O-])([O-])=S.[Rb+].[Rb+]. The van der Waals surface area contributed by atoms with Crippen molar-refractivity contribution in [2.75, 3.05) is 0 Å². The summed E-state index contributed by atoms with van der Waals surface area (Å²) < 4.78 is 26.7. The quantitative estimate of drug-likeness (QED) is 0.443. The van der Waals surface area contributed by atoms with Crippen LogP contribution in [0.5, 0.6) is 0 Å². The van der Waals surface area contributed by atoms with Crippen LogP contribution in [0, 0.1) is 0 Å². The first kappa shape index (κ1) is 17.1. The summed E-state index contributed by atoms with van der Waals surface area (Å²) in [5.74, 6) is 0. The Hall–Kier alpha value is 3.90. The van der Waals surface area contributed by atoms with Crippen LogP contribution in [-0.2, 0) is 20.2 Å². The van der Waals surface area contributed by atoms with Gasteiger partial charge >= 0.3 is 116 Å². The Balaban J connectivity index is -0.0000000800. The molecule has 0 radical (unpaired) electrons. The van der Waals surface area contributed by atoms with E-state index in [0.717, 1.165) is 0 Å². The molecule has 7 heteroatoms. The molecule has 0 atom stereocenters. The van der Waals surface area contributed by atoms with Crippen LogP contribution >= 0.6 is 0 Å². The molecule has 0 heterocycles. The molecule has 0 aromatic rings. The van der Waals surface area contributed by atoms with Gasteiger partial charge in [0.05, 0.1) is 0 Å². The molecule has 0 fully saturated rings. The molecule has 0 saturated carbocycles. The van der Waals surface area contributed by atoms with Gasteiger partial charge in [0, 0.05) is 0 Å². The zero-order valence-electron chi connectivity index (χ0n) is 4.04. The summed E-state index contributed by atoms with van der Waals surface area (Å²) in [5, 5.41) is 0. The molecule has 3 nitrogen and oxygen atoms in total. The van der Waals surface area contributed by atoms with Gasteiger partial charge in [0.1, 0.15) is 0 Å².